The summed E-state index contributed by atoms with van der Waals surface area (Å²) in [7, 11) is -2.17. The van der Waals surface area contributed by atoms with Crippen molar-refractivity contribution in [3.8, 4) is 5.75 Å². The van der Waals surface area contributed by atoms with Crippen molar-refractivity contribution in [3.63, 3.8) is 0 Å². The topological polar surface area (TPSA) is 81.4 Å². The molecule has 5 nitrogen and oxygen atoms in total. The Labute approximate surface area is 125 Å². The smallest absolute Gasteiger partial charge is 0.263 e. The minimum atomic E-state index is -3.72. The number of sulfonamides is 1. The Balaban J connectivity index is 2.30. The standard InChI is InChI=1S/C13H13BrN2O3S/c1-19-11-5-3-10(4-6-11)16-20(17,18)13-7-2-9(14)8-12(13)15/h2-8,16H,15H2,1H3. The number of nitrogen functional groups attached to an aromatic ring is 1. The van der Waals surface area contributed by atoms with Gasteiger partial charge in [-0.2, -0.15) is 0 Å². The summed E-state index contributed by atoms with van der Waals surface area (Å²) in [5.74, 6) is 0.649. The maximum absolute atomic E-state index is 12.3. The van der Waals surface area contributed by atoms with Crippen LogP contribution in [0.2, 0.25) is 0 Å². The second kappa shape index (κ2) is 5.72. The number of methoxy groups -OCH3 is 1. The second-order valence-corrected chi connectivity index (χ2v) is 6.58. The number of rotatable bonds is 4. The van der Waals surface area contributed by atoms with Gasteiger partial charge in [0.25, 0.3) is 10.0 Å². The summed E-state index contributed by atoms with van der Waals surface area (Å²) >= 11 is 3.24. The van der Waals surface area contributed by atoms with Gasteiger partial charge in [0, 0.05) is 10.2 Å². The van der Waals surface area contributed by atoms with Crippen LogP contribution in [-0.2, 0) is 10.0 Å². The maximum Gasteiger partial charge on any atom is 0.263 e. The van der Waals surface area contributed by atoms with E-state index in [0.29, 0.717) is 11.4 Å². The lowest BCUT2D eigenvalue weighted by Crippen LogP contribution is -2.14. The fourth-order valence-electron chi connectivity index (χ4n) is 1.63. The zero-order chi connectivity index (χ0) is 14.8. The molecule has 0 atom stereocenters. The molecule has 0 spiro atoms. The molecule has 0 aromatic heterocycles. The number of anilines is 2. The van der Waals surface area contributed by atoms with Crippen LogP contribution in [0.1, 0.15) is 0 Å². The molecule has 20 heavy (non-hydrogen) atoms. The third-order valence-corrected chi connectivity index (χ3v) is 4.55. The minimum Gasteiger partial charge on any atom is -0.497 e. The van der Waals surface area contributed by atoms with Crippen LogP contribution >= 0.6 is 15.9 Å². The molecule has 0 aliphatic rings. The molecule has 2 rings (SSSR count). The lowest BCUT2D eigenvalue weighted by atomic mass is 10.3. The van der Waals surface area contributed by atoms with Crippen molar-refractivity contribution in [3.05, 3.63) is 46.9 Å². The number of hydrogen-bond acceptors (Lipinski definition) is 4. The molecular formula is C13H13BrN2O3S. The summed E-state index contributed by atoms with van der Waals surface area (Å²) in [6.07, 6.45) is 0. The third-order valence-electron chi connectivity index (χ3n) is 2.60. The Morgan fingerprint density at radius 3 is 2.35 bits per heavy atom. The van der Waals surface area contributed by atoms with Gasteiger partial charge in [0.05, 0.1) is 12.8 Å². The molecule has 0 radical (unpaired) electrons. The van der Waals surface area contributed by atoms with Gasteiger partial charge in [0.15, 0.2) is 0 Å². The summed E-state index contributed by atoms with van der Waals surface area (Å²) in [6.45, 7) is 0. The summed E-state index contributed by atoms with van der Waals surface area (Å²) in [5.41, 5.74) is 6.36. The molecule has 0 amide bonds. The molecule has 2 aromatic carbocycles. The van der Waals surface area contributed by atoms with Crippen LogP contribution in [0.5, 0.6) is 5.75 Å². The van der Waals surface area contributed by atoms with E-state index in [-0.39, 0.29) is 10.6 Å². The Bertz CT molecular complexity index is 715. The van der Waals surface area contributed by atoms with E-state index in [9.17, 15) is 8.42 Å². The van der Waals surface area contributed by atoms with Crippen molar-refractivity contribution in [2.75, 3.05) is 17.6 Å². The molecular weight excluding hydrogens is 344 g/mol. The van der Waals surface area contributed by atoms with Crippen LogP contribution < -0.4 is 15.2 Å². The van der Waals surface area contributed by atoms with E-state index < -0.39 is 10.0 Å². The average molecular weight is 357 g/mol. The lowest BCUT2D eigenvalue weighted by Gasteiger charge is -2.10. The summed E-state index contributed by atoms with van der Waals surface area (Å²) in [5, 5.41) is 0. The Kier molecular flexibility index (Phi) is 4.20. The highest BCUT2D eigenvalue weighted by molar-refractivity contribution is 9.10. The van der Waals surface area contributed by atoms with Crippen LogP contribution in [0.4, 0.5) is 11.4 Å². The first-order chi connectivity index (χ1) is 9.42. The monoisotopic (exact) mass is 356 g/mol. The Morgan fingerprint density at radius 1 is 1.15 bits per heavy atom. The van der Waals surface area contributed by atoms with Crippen molar-refractivity contribution in [2.45, 2.75) is 4.90 Å². The molecule has 0 unspecified atom stereocenters. The highest BCUT2D eigenvalue weighted by Gasteiger charge is 2.17. The molecule has 0 fully saturated rings. The van der Waals surface area contributed by atoms with Crippen molar-refractivity contribution < 1.29 is 13.2 Å². The van der Waals surface area contributed by atoms with Gasteiger partial charge in [-0.25, -0.2) is 8.42 Å². The van der Waals surface area contributed by atoms with Gasteiger partial charge in [-0.15, -0.1) is 0 Å². The van der Waals surface area contributed by atoms with Gasteiger partial charge < -0.3 is 10.5 Å². The van der Waals surface area contributed by atoms with Gasteiger partial charge in [-0.3, -0.25) is 4.72 Å². The number of halogens is 1. The van der Waals surface area contributed by atoms with Crippen LogP contribution in [0.25, 0.3) is 0 Å². The molecule has 0 aliphatic heterocycles. The van der Waals surface area contributed by atoms with E-state index in [4.69, 9.17) is 10.5 Å². The number of nitrogens with one attached hydrogen (secondary N) is 1. The predicted octanol–water partition coefficient (Wildman–Crippen LogP) is 2.84. The fourth-order valence-corrected chi connectivity index (χ4v) is 3.18. The number of ether oxygens (including phenoxy) is 1. The quantitative estimate of drug-likeness (QED) is 0.825. The van der Waals surface area contributed by atoms with Gasteiger partial charge in [-0.05, 0) is 42.5 Å². The third kappa shape index (κ3) is 3.23. The number of hydrogen-bond donors (Lipinski definition) is 2. The van der Waals surface area contributed by atoms with Crippen molar-refractivity contribution >= 4 is 37.3 Å². The molecule has 7 heteroatoms. The first-order valence-electron chi connectivity index (χ1n) is 5.64. The molecule has 0 aliphatic carbocycles. The SMILES string of the molecule is COc1ccc(NS(=O)(=O)c2ccc(Br)cc2N)cc1. The summed E-state index contributed by atoms with van der Waals surface area (Å²) in [6, 6.07) is 11.2. The van der Waals surface area contributed by atoms with Crippen molar-refractivity contribution in [1.29, 1.82) is 0 Å². The van der Waals surface area contributed by atoms with Crippen LogP contribution in [0, 0.1) is 0 Å². The van der Waals surface area contributed by atoms with E-state index >= 15 is 0 Å². The van der Waals surface area contributed by atoms with Gasteiger partial charge in [-0.1, -0.05) is 15.9 Å². The Hall–Kier alpha value is -1.73. The van der Waals surface area contributed by atoms with Crippen LogP contribution in [0.3, 0.4) is 0 Å². The van der Waals surface area contributed by atoms with Gasteiger partial charge >= 0.3 is 0 Å². The highest BCUT2D eigenvalue weighted by Crippen LogP contribution is 2.25. The molecule has 0 heterocycles. The van der Waals surface area contributed by atoms with E-state index in [1.807, 2.05) is 0 Å². The van der Waals surface area contributed by atoms with Crippen LogP contribution in [0.15, 0.2) is 51.8 Å². The van der Waals surface area contributed by atoms with E-state index in [1.165, 1.54) is 6.07 Å². The zero-order valence-electron chi connectivity index (χ0n) is 10.6. The predicted molar refractivity (Wildman–Crippen MR) is 82.4 cm³/mol. The second-order valence-electron chi connectivity index (χ2n) is 4.02. The first kappa shape index (κ1) is 14.7. The maximum atomic E-state index is 12.3. The van der Waals surface area contributed by atoms with Crippen molar-refractivity contribution in [1.82, 2.24) is 0 Å². The molecule has 106 valence electrons. The number of nitrogens with two attached hydrogens (primary N) is 1. The van der Waals surface area contributed by atoms with Gasteiger partial charge in [0.2, 0.25) is 0 Å². The average Bonchev–Trinajstić information content (AvgIpc) is 2.38. The fraction of sp³-hybridized carbons (Fsp3) is 0.0769. The van der Waals surface area contributed by atoms with Gasteiger partial charge in [0.1, 0.15) is 10.6 Å². The van der Waals surface area contributed by atoms with Crippen molar-refractivity contribution in [2.24, 2.45) is 0 Å². The van der Waals surface area contributed by atoms with E-state index in [0.717, 1.165) is 4.47 Å². The highest BCUT2D eigenvalue weighted by atomic mass is 79.9. The van der Waals surface area contributed by atoms with Crippen LogP contribution in [-0.4, -0.2) is 15.5 Å². The molecule has 0 saturated carbocycles. The lowest BCUT2D eigenvalue weighted by molar-refractivity contribution is 0.415. The first-order valence-corrected chi connectivity index (χ1v) is 7.92. The molecule has 2 aromatic rings. The van der Waals surface area contributed by atoms with E-state index in [1.54, 1.807) is 43.5 Å². The summed E-state index contributed by atoms with van der Waals surface area (Å²) < 4.78 is 32.7. The largest absolute Gasteiger partial charge is 0.497 e. The molecule has 3 N–H and O–H groups in total. The zero-order valence-corrected chi connectivity index (χ0v) is 13.0. The summed E-state index contributed by atoms with van der Waals surface area (Å²) in [4.78, 5) is 0.0384. The normalized spacial score (nSPS) is 11.1. The van der Waals surface area contributed by atoms with E-state index in [2.05, 4.69) is 20.7 Å². The Morgan fingerprint density at radius 2 is 1.80 bits per heavy atom. The minimum absolute atomic E-state index is 0.0384. The molecule has 0 bridgehead atoms. The molecule has 0 saturated heterocycles. The number of benzene rings is 2.